The van der Waals surface area contributed by atoms with Crippen LogP contribution in [0.3, 0.4) is 0 Å². The van der Waals surface area contributed by atoms with Gasteiger partial charge in [-0.1, -0.05) is 18.2 Å². The van der Waals surface area contributed by atoms with Crippen LogP contribution in [0.1, 0.15) is 26.2 Å². The van der Waals surface area contributed by atoms with Crippen molar-refractivity contribution in [2.45, 2.75) is 31.2 Å². The van der Waals surface area contributed by atoms with E-state index in [-0.39, 0.29) is 5.78 Å². The van der Waals surface area contributed by atoms with E-state index in [2.05, 4.69) is 9.97 Å². The van der Waals surface area contributed by atoms with Gasteiger partial charge in [0.25, 0.3) is 0 Å². The second kappa shape index (κ2) is 6.50. The van der Waals surface area contributed by atoms with Gasteiger partial charge in [-0.3, -0.25) is 0 Å². The van der Waals surface area contributed by atoms with Crippen molar-refractivity contribution < 1.29 is 4.79 Å². The van der Waals surface area contributed by atoms with Gasteiger partial charge in [-0.25, -0.2) is 9.97 Å². The van der Waals surface area contributed by atoms with Gasteiger partial charge >= 0.3 is 0 Å². The molecule has 4 heteroatoms. The normalized spacial score (nSPS) is 10.7. The van der Waals surface area contributed by atoms with Crippen molar-refractivity contribution in [3.8, 4) is 0 Å². The molecule has 0 aliphatic carbocycles. The fraction of sp³-hybridized carbons (Fsp3) is 0.357. The zero-order chi connectivity index (χ0) is 12.8. The summed E-state index contributed by atoms with van der Waals surface area (Å²) in [6.45, 7) is 1.64. The van der Waals surface area contributed by atoms with Crippen LogP contribution in [0.4, 0.5) is 0 Å². The number of benzene rings is 1. The van der Waals surface area contributed by atoms with Crippen molar-refractivity contribution in [2.24, 2.45) is 0 Å². The van der Waals surface area contributed by atoms with Crippen LogP contribution >= 0.6 is 11.8 Å². The summed E-state index contributed by atoms with van der Waals surface area (Å²) >= 11 is 1.74. The largest absolute Gasteiger partial charge is 0.300 e. The minimum Gasteiger partial charge on any atom is -0.300 e. The molecule has 2 aromatic rings. The Hall–Kier alpha value is -1.42. The Kier molecular flexibility index (Phi) is 4.70. The summed E-state index contributed by atoms with van der Waals surface area (Å²) in [7, 11) is 0. The first-order valence-electron chi connectivity index (χ1n) is 6.09. The number of nitrogens with zero attached hydrogens (tertiary/aromatic N) is 2. The zero-order valence-electron chi connectivity index (χ0n) is 10.4. The predicted molar refractivity (Wildman–Crippen MR) is 74.8 cm³/mol. The first-order valence-corrected chi connectivity index (χ1v) is 7.08. The van der Waals surface area contributed by atoms with Crippen LogP contribution in [-0.4, -0.2) is 21.5 Å². The lowest BCUT2D eigenvalue weighted by Gasteiger charge is -2.04. The number of hydrogen-bond acceptors (Lipinski definition) is 4. The van der Waals surface area contributed by atoms with Gasteiger partial charge in [-0.2, -0.15) is 0 Å². The van der Waals surface area contributed by atoms with Crippen molar-refractivity contribution in [3.05, 3.63) is 30.6 Å². The molecule has 0 amide bonds. The van der Waals surface area contributed by atoms with E-state index in [1.807, 2.05) is 24.3 Å². The number of rotatable bonds is 6. The molecule has 0 radical (unpaired) electrons. The zero-order valence-corrected chi connectivity index (χ0v) is 11.2. The average Bonchev–Trinajstić information content (AvgIpc) is 2.38. The second-order valence-corrected chi connectivity index (χ2v) is 5.29. The van der Waals surface area contributed by atoms with E-state index in [0.29, 0.717) is 6.42 Å². The van der Waals surface area contributed by atoms with Crippen molar-refractivity contribution in [1.29, 1.82) is 0 Å². The second-order valence-electron chi connectivity index (χ2n) is 4.20. The highest BCUT2D eigenvalue weighted by Crippen LogP contribution is 2.24. The topological polar surface area (TPSA) is 42.9 Å². The molecule has 0 spiro atoms. The molecule has 0 unspecified atom stereocenters. The van der Waals surface area contributed by atoms with Crippen molar-refractivity contribution in [2.75, 3.05) is 5.75 Å². The van der Waals surface area contributed by atoms with Gasteiger partial charge in [-0.05, 0) is 31.6 Å². The number of hydrogen-bond donors (Lipinski definition) is 0. The molecule has 0 aliphatic rings. The van der Waals surface area contributed by atoms with Crippen LogP contribution in [0.2, 0.25) is 0 Å². The van der Waals surface area contributed by atoms with Gasteiger partial charge in [0, 0.05) is 11.8 Å². The molecule has 2 rings (SSSR count). The standard InChI is InChI=1S/C14H16N2OS/c1-11(17)6-4-5-9-18-14-12-7-2-3-8-13(12)15-10-16-14/h2-3,7-8,10H,4-6,9H2,1H3. The fourth-order valence-corrected chi connectivity index (χ4v) is 2.73. The Bertz CT molecular complexity index is 537. The molecule has 1 heterocycles. The number of para-hydroxylation sites is 1. The van der Waals surface area contributed by atoms with Crippen molar-refractivity contribution in [3.63, 3.8) is 0 Å². The molecule has 0 aliphatic heterocycles. The molecule has 3 nitrogen and oxygen atoms in total. The minimum atomic E-state index is 0.271. The van der Waals surface area contributed by atoms with Gasteiger partial charge in [0.1, 0.15) is 17.1 Å². The Labute approximate surface area is 111 Å². The number of Topliss-reactive ketones (excluding diaryl/α,β-unsaturated/α-hetero) is 1. The lowest BCUT2D eigenvalue weighted by atomic mass is 10.2. The number of thioether (sulfide) groups is 1. The quantitative estimate of drug-likeness (QED) is 0.453. The van der Waals surface area contributed by atoms with Crippen LogP contribution in [0.25, 0.3) is 10.9 Å². The molecular weight excluding hydrogens is 244 g/mol. The molecule has 0 N–H and O–H groups in total. The lowest BCUT2D eigenvalue weighted by Crippen LogP contribution is -1.91. The maximum Gasteiger partial charge on any atom is 0.129 e. The lowest BCUT2D eigenvalue weighted by molar-refractivity contribution is -0.117. The van der Waals surface area contributed by atoms with Crippen LogP contribution in [-0.2, 0) is 4.79 Å². The molecule has 1 aromatic heterocycles. The number of carbonyl (C=O) groups excluding carboxylic acids is 1. The number of fused-ring (bicyclic) bond motifs is 1. The smallest absolute Gasteiger partial charge is 0.129 e. The van der Waals surface area contributed by atoms with Gasteiger partial charge in [-0.15, -0.1) is 11.8 Å². The number of aromatic nitrogens is 2. The van der Waals surface area contributed by atoms with Crippen molar-refractivity contribution in [1.82, 2.24) is 9.97 Å². The summed E-state index contributed by atoms with van der Waals surface area (Å²) in [4.78, 5) is 19.4. The van der Waals surface area contributed by atoms with E-state index in [1.165, 1.54) is 0 Å². The molecule has 18 heavy (non-hydrogen) atoms. The summed E-state index contributed by atoms with van der Waals surface area (Å²) in [5.41, 5.74) is 0.985. The Morgan fingerprint density at radius 2 is 2.06 bits per heavy atom. The number of carbonyl (C=O) groups is 1. The molecule has 0 fully saturated rings. The molecule has 0 saturated carbocycles. The predicted octanol–water partition coefficient (Wildman–Crippen LogP) is 3.48. The summed E-state index contributed by atoms with van der Waals surface area (Å²) in [5, 5.41) is 2.14. The first kappa shape index (κ1) is 13.0. The fourth-order valence-electron chi connectivity index (χ4n) is 1.74. The Morgan fingerprint density at radius 1 is 1.22 bits per heavy atom. The summed E-state index contributed by atoms with van der Waals surface area (Å²) in [5.74, 6) is 1.27. The summed E-state index contributed by atoms with van der Waals surface area (Å²) in [6, 6.07) is 8.03. The van der Waals surface area contributed by atoms with Crippen molar-refractivity contribution >= 4 is 28.4 Å². The van der Waals surface area contributed by atoms with E-state index in [4.69, 9.17) is 0 Å². The summed E-state index contributed by atoms with van der Waals surface area (Å²) < 4.78 is 0. The molecule has 0 atom stereocenters. The molecule has 0 saturated heterocycles. The van der Waals surface area contributed by atoms with Gasteiger partial charge in [0.05, 0.1) is 5.52 Å². The Balaban J connectivity index is 1.93. The molecular formula is C14H16N2OS. The maximum atomic E-state index is 10.8. The van der Waals surface area contributed by atoms with E-state index in [1.54, 1.807) is 25.0 Å². The third kappa shape index (κ3) is 3.53. The SMILES string of the molecule is CC(=O)CCCCSc1ncnc2ccccc12. The third-order valence-electron chi connectivity index (χ3n) is 2.67. The van der Waals surface area contributed by atoms with E-state index < -0.39 is 0 Å². The maximum absolute atomic E-state index is 10.8. The van der Waals surface area contributed by atoms with E-state index in [0.717, 1.165) is 34.5 Å². The first-order chi connectivity index (χ1) is 8.77. The van der Waals surface area contributed by atoms with Gasteiger partial charge in [0.15, 0.2) is 0 Å². The van der Waals surface area contributed by atoms with Crippen LogP contribution in [0, 0.1) is 0 Å². The van der Waals surface area contributed by atoms with Gasteiger partial charge in [0.2, 0.25) is 0 Å². The summed E-state index contributed by atoms with van der Waals surface area (Å²) in [6.07, 6.45) is 4.30. The van der Waals surface area contributed by atoms with Gasteiger partial charge < -0.3 is 4.79 Å². The van der Waals surface area contributed by atoms with E-state index in [9.17, 15) is 4.79 Å². The minimum absolute atomic E-state index is 0.271. The third-order valence-corrected chi connectivity index (χ3v) is 3.76. The highest BCUT2D eigenvalue weighted by atomic mass is 32.2. The molecule has 1 aromatic carbocycles. The van der Waals surface area contributed by atoms with Crippen LogP contribution < -0.4 is 0 Å². The number of ketones is 1. The van der Waals surface area contributed by atoms with Crippen LogP contribution in [0.15, 0.2) is 35.6 Å². The monoisotopic (exact) mass is 260 g/mol. The van der Waals surface area contributed by atoms with Crippen LogP contribution in [0.5, 0.6) is 0 Å². The highest BCUT2D eigenvalue weighted by molar-refractivity contribution is 7.99. The molecule has 0 bridgehead atoms. The Morgan fingerprint density at radius 3 is 2.89 bits per heavy atom. The average molecular weight is 260 g/mol. The number of unbranched alkanes of at least 4 members (excludes halogenated alkanes) is 1. The highest BCUT2D eigenvalue weighted by Gasteiger charge is 2.03. The molecule has 94 valence electrons. The van der Waals surface area contributed by atoms with E-state index >= 15 is 0 Å².